The maximum atomic E-state index is 13.0. The lowest BCUT2D eigenvalue weighted by Crippen LogP contribution is -2.21. The molecule has 0 aliphatic carbocycles. The van der Waals surface area contributed by atoms with Gasteiger partial charge >= 0.3 is 0 Å². The van der Waals surface area contributed by atoms with Gasteiger partial charge in [-0.05, 0) is 55.7 Å². The number of hydrogen-bond acceptors (Lipinski definition) is 2. The van der Waals surface area contributed by atoms with Gasteiger partial charge in [0.2, 0.25) is 0 Å². The molecule has 1 N–H and O–H groups in total. The Kier molecular flexibility index (Phi) is 4.58. The third kappa shape index (κ3) is 3.81. The van der Waals surface area contributed by atoms with Crippen LogP contribution in [0.1, 0.15) is 16.7 Å². The SMILES string of the molecule is Cc1cc(F)ccc1NC(=O)COc1c(C)cccc1C. The van der Waals surface area contributed by atoms with Gasteiger partial charge < -0.3 is 10.1 Å². The van der Waals surface area contributed by atoms with Crippen LogP contribution < -0.4 is 10.1 Å². The number of halogens is 1. The van der Waals surface area contributed by atoms with Crippen LogP contribution in [0.5, 0.6) is 5.75 Å². The molecule has 3 nitrogen and oxygen atoms in total. The van der Waals surface area contributed by atoms with Crippen LogP contribution in [0, 0.1) is 26.6 Å². The molecule has 0 atom stereocenters. The van der Waals surface area contributed by atoms with Crippen LogP contribution in [0.3, 0.4) is 0 Å². The second-order valence-corrected chi connectivity index (χ2v) is 5.02. The number of hydrogen-bond donors (Lipinski definition) is 1. The molecule has 2 aromatic carbocycles. The second kappa shape index (κ2) is 6.39. The van der Waals surface area contributed by atoms with Gasteiger partial charge in [-0.3, -0.25) is 4.79 Å². The fourth-order valence-corrected chi connectivity index (χ4v) is 2.12. The molecule has 0 saturated carbocycles. The first-order chi connectivity index (χ1) is 9.97. The molecule has 0 spiro atoms. The summed E-state index contributed by atoms with van der Waals surface area (Å²) in [5, 5.41) is 2.72. The number of benzene rings is 2. The zero-order valence-electron chi connectivity index (χ0n) is 12.4. The van der Waals surface area contributed by atoms with Gasteiger partial charge in [0.1, 0.15) is 11.6 Å². The number of nitrogens with one attached hydrogen (secondary N) is 1. The van der Waals surface area contributed by atoms with E-state index in [4.69, 9.17) is 4.74 Å². The van der Waals surface area contributed by atoms with Crippen LogP contribution >= 0.6 is 0 Å². The average Bonchev–Trinajstić information content (AvgIpc) is 2.41. The largest absolute Gasteiger partial charge is 0.483 e. The van der Waals surface area contributed by atoms with Crippen LogP contribution in [-0.4, -0.2) is 12.5 Å². The highest BCUT2D eigenvalue weighted by molar-refractivity contribution is 5.92. The van der Waals surface area contributed by atoms with Crippen molar-refractivity contribution in [2.75, 3.05) is 11.9 Å². The Balaban J connectivity index is 1.99. The first kappa shape index (κ1) is 15.0. The summed E-state index contributed by atoms with van der Waals surface area (Å²) in [6.07, 6.45) is 0. The van der Waals surface area contributed by atoms with Gasteiger partial charge in [-0.15, -0.1) is 0 Å². The van der Waals surface area contributed by atoms with Crippen LogP contribution in [0.25, 0.3) is 0 Å². The summed E-state index contributed by atoms with van der Waals surface area (Å²) in [6, 6.07) is 10.0. The molecule has 1 amide bonds. The number of rotatable bonds is 4. The highest BCUT2D eigenvalue weighted by Gasteiger charge is 2.09. The summed E-state index contributed by atoms with van der Waals surface area (Å²) in [7, 11) is 0. The summed E-state index contributed by atoms with van der Waals surface area (Å²) in [5.41, 5.74) is 3.24. The zero-order valence-corrected chi connectivity index (χ0v) is 12.4. The summed E-state index contributed by atoms with van der Waals surface area (Å²) in [5.74, 6) is 0.133. The predicted octanol–water partition coefficient (Wildman–Crippen LogP) is 3.77. The summed E-state index contributed by atoms with van der Waals surface area (Å²) in [6.45, 7) is 5.53. The number of anilines is 1. The standard InChI is InChI=1S/C17H18FNO2/c1-11-5-4-6-12(2)17(11)21-10-16(20)19-15-8-7-14(18)9-13(15)3/h4-9H,10H2,1-3H3,(H,19,20). The van der Waals surface area contributed by atoms with E-state index in [-0.39, 0.29) is 18.3 Å². The summed E-state index contributed by atoms with van der Waals surface area (Å²) in [4.78, 5) is 11.9. The first-order valence-corrected chi connectivity index (χ1v) is 6.72. The minimum atomic E-state index is -0.322. The predicted molar refractivity (Wildman–Crippen MR) is 81.2 cm³/mol. The summed E-state index contributed by atoms with van der Waals surface area (Å²) < 4.78 is 18.6. The molecule has 0 fully saturated rings. The lowest BCUT2D eigenvalue weighted by atomic mass is 10.1. The van der Waals surface area contributed by atoms with Gasteiger partial charge in [0.05, 0.1) is 0 Å². The van der Waals surface area contributed by atoms with E-state index in [9.17, 15) is 9.18 Å². The number of carbonyl (C=O) groups is 1. The van der Waals surface area contributed by atoms with Crippen molar-refractivity contribution in [3.63, 3.8) is 0 Å². The monoisotopic (exact) mass is 287 g/mol. The first-order valence-electron chi connectivity index (χ1n) is 6.72. The van der Waals surface area contributed by atoms with Gasteiger partial charge in [0.15, 0.2) is 6.61 Å². The fourth-order valence-electron chi connectivity index (χ4n) is 2.12. The van der Waals surface area contributed by atoms with E-state index in [0.717, 1.165) is 16.9 Å². The lowest BCUT2D eigenvalue weighted by molar-refractivity contribution is -0.118. The molecule has 4 heteroatoms. The van der Waals surface area contributed by atoms with E-state index in [0.29, 0.717) is 11.3 Å². The van der Waals surface area contributed by atoms with E-state index in [1.807, 2.05) is 32.0 Å². The molecule has 0 saturated heterocycles. The summed E-state index contributed by atoms with van der Waals surface area (Å²) >= 11 is 0. The van der Waals surface area contributed by atoms with Crippen molar-refractivity contribution in [1.82, 2.24) is 0 Å². The molecule has 0 unspecified atom stereocenters. The number of aryl methyl sites for hydroxylation is 3. The number of para-hydroxylation sites is 1. The molecule has 2 aromatic rings. The molecule has 110 valence electrons. The average molecular weight is 287 g/mol. The van der Waals surface area contributed by atoms with Gasteiger partial charge in [-0.1, -0.05) is 18.2 Å². The highest BCUT2D eigenvalue weighted by atomic mass is 19.1. The fraction of sp³-hybridized carbons (Fsp3) is 0.235. The Morgan fingerprint density at radius 3 is 2.38 bits per heavy atom. The Hall–Kier alpha value is -2.36. The smallest absolute Gasteiger partial charge is 0.262 e. The molecule has 0 bridgehead atoms. The van der Waals surface area contributed by atoms with Crippen molar-refractivity contribution in [3.8, 4) is 5.75 Å². The Morgan fingerprint density at radius 1 is 1.10 bits per heavy atom. The molecule has 0 radical (unpaired) electrons. The molecule has 2 rings (SSSR count). The normalized spacial score (nSPS) is 10.3. The molecular formula is C17H18FNO2. The van der Waals surface area contributed by atoms with Gasteiger partial charge in [-0.2, -0.15) is 0 Å². The third-order valence-corrected chi connectivity index (χ3v) is 3.22. The molecule has 0 heterocycles. The van der Waals surface area contributed by atoms with Crippen LogP contribution in [0.2, 0.25) is 0 Å². The van der Waals surface area contributed by atoms with Crippen LogP contribution in [-0.2, 0) is 4.79 Å². The van der Waals surface area contributed by atoms with Crippen LogP contribution in [0.15, 0.2) is 36.4 Å². The minimum absolute atomic E-state index is 0.0808. The van der Waals surface area contributed by atoms with Crippen molar-refractivity contribution in [2.45, 2.75) is 20.8 Å². The minimum Gasteiger partial charge on any atom is -0.483 e. The zero-order chi connectivity index (χ0) is 15.4. The lowest BCUT2D eigenvalue weighted by Gasteiger charge is -2.12. The second-order valence-electron chi connectivity index (χ2n) is 5.02. The van der Waals surface area contributed by atoms with Crippen molar-refractivity contribution in [3.05, 3.63) is 58.9 Å². The van der Waals surface area contributed by atoms with E-state index in [2.05, 4.69) is 5.32 Å². The molecule has 0 aliphatic rings. The Bertz CT molecular complexity index is 648. The third-order valence-electron chi connectivity index (χ3n) is 3.22. The molecule has 0 aliphatic heterocycles. The van der Waals surface area contributed by atoms with Crippen LogP contribution in [0.4, 0.5) is 10.1 Å². The van der Waals surface area contributed by atoms with Crippen molar-refractivity contribution in [2.24, 2.45) is 0 Å². The van der Waals surface area contributed by atoms with Gasteiger partial charge in [0, 0.05) is 5.69 Å². The Labute approximate surface area is 123 Å². The van der Waals surface area contributed by atoms with Gasteiger partial charge in [-0.25, -0.2) is 4.39 Å². The number of carbonyl (C=O) groups excluding carboxylic acids is 1. The quantitative estimate of drug-likeness (QED) is 0.929. The maximum absolute atomic E-state index is 13.0. The molecule has 0 aromatic heterocycles. The van der Waals surface area contributed by atoms with E-state index < -0.39 is 0 Å². The van der Waals surface area contributed by atoms with E-state index in [1.165, 1.54) is 12.1 Å². The molecule has 21 heavy (non-hydrogen) atoms. The number of ether oxygens (including phenoxy) is 1. The maximum Gasteiger partial charge on any atom is 0.262 e. The molecular weight excluding hydrogens is 269 g/mol. The number of amides is 1. The van der Waals surface area contributed by atoms with Crippen molar-refractivity contribution in [1.29, 1.82) is 0 Å². The van der Waals surface area contributed by atoms with Crippen molar-refractivity contribution >= 4 is 11.6 Å². The highest BCUT2D eigenvalue weighted by Crippen LogP contribution is 2.22. The van der Waals surface area contributed by atoms with E-state index >= 15 is 0 Å². The van der Waals surface area contributed by atoms with Crippen molar-refractivity contribution < 1.29 is 13.9 Å². The van der Waals surface area contributed by atoms with Gasteiger partial charge in [0.25, 0.3) is 5.91 Å². The topological polar surface area (TPSA) is 38.3 Å². The van der Waals surface area contributed by atoms with E-state index in [1.54, 1.807) is 13.0 Å². The Morgan fingerprint density at radius 2 is 1.76 bits per heavy atom.